The fourth-order valence-electron chi connectivity index (χ4n) is 3.27. The highest BCUT2D eigenvalue weighted by Crippen LogP contribution is 2.35. The first-order valence-electron chi connectivity index (χ1n) is 9.56. The number of fused-ring (bicyclic) bond motifs is 1. The molecule has 0 spiro atoms. The van der Waals surface area contributed by atoms with E-state index in [1.807, 2.05) is 12.1 Å². The second-order valence-electron chi connectivity index (χ2n) is 6.63. The molecule has 1 fully saturated rings. The Bertz CT molecular complexity index is 746. The zero-order valence-corrected chi connectivity index (χ0v) is 15.8. The monoisotopic (exact) mass is 391 g/mol. The maximum atomic E-state index is 12.4. The summed E-state index contributed by atoms with van der Waals surface area (Å²) in [4.78, 5) is 12.4. The number of hydrogen-bond acceptors (Lipinski definition) is 6. The number of hydrogen-bond donors (Lipinski definition) is 2. The highest BCUT2D eigenvalue weighted by molar-refractivity contribution is 6.01. The van der Waals surface area contributed by atoms with Crippen LogP contribution in [0.2, 0.25) is 0 Å². The summed E-state index contributed by atoms with van der Waals surface area (Å²) in [5, 5.41) is 13.7. The van der Waals surface area contributed by atoms with E-state index in [0.29, 0.717) is 32.0 Å². The van der Waals surface area contributed by atoms with Crippen molar-refractivity contribution in [2.45, 2.75) is 25.3 Å². The molecule has 1 aliphatic heterocycles. The molecule has 1 unspecified atom stereocenters. The number of phenols is 1. The Labute approximate surface area is 164 Å². The number of carbonyl (C=O) groups is 1. The number of halogens is 1. The van der Waals surface area contributed by atoms with Gasteiger partial charge >= 0.3 is 0 Å². The minimum atomic E-state index is -0.502. The Morgan fingerprint density at radius 2 is 1.82 bits per heavy atom. The molecular formula is C21H26FNO5. The van der Waals surface area contributed by atoms with Gasteiger partial charge in [0.1, 0.15) is 13.3 Å². The molecule has 28 heavy (non-hydrogen) atoms. The molecule has 2 aliphatic rings. The number of nitrogens with one attached hydrogen (secondary N) is 1. The Kier molecular flexibility index (Phi) is 7.45. The summed E-state index contributed by atoms with van der Waals surface area (Å²) in [5.74, 6) is 0.514. The van der Waals surface area contributed by atoms with E-state index in [-0.39, 0.29) is 30.8 Å². The summed E-state index contributed by atoms with van der Waals surface area (Å²) >= 11 is 0. The first kappa shape index (κ1) is 20.4. The van der Waals surface area contributed by atoms with Crippen molar-refractivity contribution in [2.75, 3.05) is 39.7 Å². The highest BCUT2D eigenvalue weighted by atomic mass is 19.1. The van der Waals surface area contributed by atoms with Crippen molar-refractivity contribution in [2.24, 2.45) is 0 Å². The molecule has 0 radical (unpaired) electrons. The van der Waals surface area contributed by atoms with Crippen LogP contribution in [0.5, 0.6) is 11.5 Å². The van der Waals surface area contributed by atoms with Crippen molar-refractivity contribution in [3.8, 4) is 11.5 Å². The molecule has 0 saturated carbocycles. The number of carbonyl (C=O) groups excluding carboxylic acids is 1. The normalized spacial score (nSPS) is 18.8. The lowest BCUT2D eigenvalue weighted by Gasteiger charge is -2.30. The lowest BCUT2D eigenvalue weighted by molar-refractivity contribution is -0.116. The molecule has 1 aromatic carbocycles. The molecule has 1 aliphatic carbocycles. The summed E-state index contributed by atoms with van der Waals surface area (Å²) in [6.07, 6.45) is 6.23. The van der Waals surface area contributed by atoms with Crippen molar-refractivity contribution in [3.05, 3.63) is 47.2 Å². The number of rotatable bonds is 10. The number of ether oxygens (including phenoxy) is 3. The summed E-state index contributed by atoms with van der Waals surface area (Å²) in [6.45, 7) is 0.889. The fourth-order valence-corrected chi connectivity index (χ4v) is 3.27. The van der Waals surface area contributed by atoms with E-state index in [2.05, 4.69) is 11.4 Å². The molecule has 0 bridgehead atoms. The average Bonchev–Trinajstić information content (AvgIpc) is 2.71. The van der Waals surface area contributed by atoms with E-state index >= 15 is 0 Å². The van der Waals surface area contributed by atoms with E-state index in [1.165, 1.54) is 0 Å². The third-order valence-corrected chi connectivity index (χ3v) is 4.64. The quantitative estimate of drug-likeness (QED) is 0.597. The lowest BCUT2D eigenvalue weighted by atomic mass is 9.88. The average molecular weight is 391 g/mol. The summed E-state index contributed by atoms with van der Waals surface area (Å²) in [7, 11) is 0. The van der Waals surface area contributed by atoms with Crippen LogP contribution in [-0.4, -0.2) is 50.6 Å². The SMILES string of the molecule is O=C1CC(c2ccc(OCCOCCOCCF)c(O)c2)NC2=CCCC=C12. The van der Waals surface area contributed by atoms with Gasteiger partial charge in [-0.25, -0.2) is 4.39 Å². The van der Waals surface area contributed by atoms with Gasteiger partial charge in [0.25, 0.3) is 0 Å². The summed E-state index contributed by atoms with van der Waals surface area (Å²) in [6, 6.07) is 5.01. The fraction of sp³-hybridized carbons (Fsp3) is 0.476. The molecule has 6 nitrogen and oxygen atoms in total. The summed E-state index contributed by atoms with van der Waals surface area (Å²) in [5.41, 5.74) is 2.51. The van der Waals surface area contributed by atoms with Crippen molar-refractivity contribution in [3.63, 3.8) is 0 Å². The number of ketones is 1. The van der Waals surface area contributed by atoms with Crippen LogP contribution in [0, 0.1) is 0 Å². The van der Waals surface area contributed by atoms with E-state index < -0.39 is 6.67 Å². The van der Waals surface area contributed by atoms with Gasteiger partial charge in [-0.3, -0.25) is 4.79 Å². The van der Waals surface area contributed by atoms with Crippen LogP contribution in [0.1, 0.15) is 30.9 Å². The molecule has 152 valence electrons. The number of piperidine rings is 1. The maximum absolute atomic E-state index is 12.4. The Hall–Kier alpha value is -2.38. The Morgan fingerprint density at radius 1 is 1.07 bits per heavy atom. The molecule has 1 aromatic rings. The van der Waals surface area contributed by atoms with Gasteiger partial charge in [-0.1, -0.05) is 18.2 Å². The van der Waals surface area contributed by atoms with Crippen LogP contribution in [0.4, 0.5) is 4.39 Å². The topological polar surface area (TPSA) is 77.0 Å². The number of alkyl halides is 1. The molecule has 0 amide bonds. The zero-order valence-electron chi connectivity index (χ0n) is 15.8. The van der Waals surface area contributed by atoms with Gasteiger partial charge in [-0.15, -0.1) is 0 Å². The first-order valence-corrected chi connectivity index (χ1v) is 9.56. The van der Waals surface area contributed by atoms with Gasteiger partial charge in [-0.05, 0) is 30.5 Å². The van der Waals surface area contributed by atoms with E-state index in [0.717, 1.165) is 29.7 Å². The largest absolute Gasteiger partial charge is 0.504 e. The number of benzene rings is 1. The van der Waals surface area contributed by atoms with Crippen LogP contribution in [0.3, 0.4) is 0 Å². The first-order chi connectivity index (χ1) is 13.7. The number of phenolic OH excluding ortho intramolecular Hbond substituents is 1. The van der Waals surface area contributed by atoms with Crippen LogP contribution in [0.15, 0.2) is 41.6 Å². The number of aromatic hydroxyl groups is 1. The second-order valence-corrected chi connectivity index (χ2v) is 6.63. The molecular weight excluding hydrogens is 365 g/mol. The second kappa shape index (κ2) is 10.2. The van der Waals surface area contributed by atoms with E-state index in [9.17, 15) is 14.3 Å². The van der Waals surface area contributed by atoms with Crippen LogP contribution in [0.25, 0.3) is 0 Å². The van der Waals surface area contributed by atoms with Crippen molar-refractivity contribution < 1.29 is 28.5 Å². The molecule has 7 heteroatoms. The Morgan fingerprint density at radius 3 is 2.61 bits per heavy atom. The van der Waals surface area contributed by atoms with Crippen LogP contribution in [-0.2, 0) is 14.3 Å². The van der Waals surface area contributed by atoms with Crippen LogP contribution < -0.4 is 10.1 Å². The van der Waals surface area contributed by atoms with Gasteiger partial charge in [0, 0.05) is 17.7 Å². The molecule has 1 saturated heterocycles. The Balaban J connectivity index is 1.48. The molecule has 2 N–H and O–H groups in total. The van der Waals surface area contributed by atoms with Gasteiger partial charge in [0.15, 0.2) is 17.3 Å². The third kappa shape index (κ3) is 5.33. The molecule has 1 atom stereocenters. The minimum Gasteiger partial charge on any atom is -0.504 e. The van der Waals surface area contributed by atoms with Gasteiger partial charge in [0.2, 0.25) is 0 Å². The standard InChI is InChI=1S/C21H26FNO5/c22-7-8-26-9-10-27-11-12-28-21-6-5-15(13-20(21)25)18-14-19(24)16-3-1-2-4-17(16)23-18/h3-6,13,18,23,25H,1-2,7-12,14H2. The summed E-state index contributed by atoms with van der Waals surface area (Å²) < 4.78 is 27.7. The van der Waals surface area contributed by atoms with E-state index in [1.54, 1.807) is 12.1 Å². The van der Waals surface area contributed by atoms with Crippen LogP contribution >= 0.6 is 0 Å². The maximum Gasteiger partial charge on any atom is 0.167 e. The molecule has 0 aromatic heterocycles. The third-order valence-electron chi connectivity index (χ3n) is 4.64. The number of Topliss-reactive ketones (excluding diaryl/α,β-unsaturated/α-hetero) is 1. The smallest absolute Gasteiger partial charge is 0.167 e. The van der Waals surface area contributed by atoms with E-state index in [4.69, 9.17) is 14.2 Å². The van der Waals surface area contributed by atoms with Crippen molar-refractivity contribution >= 4 is 5.78 Å². The van der Waals surface area contributed by atoms with Gasteiger partial charge in [-0.2, -0.15) is 0 Å². The van der Waals surface area contributed by atoms with Crippen molar-refractivity contribution in [1.82, 2.24) is 5.32 Å². The van der Waals surface area contributed by atoms with Crippen molar-refractivity contribution in [1.29, 1.82) is 0 Å². The minimum absolute atomic E-state index is 0.0250. The number of allylic oxidation sites excluding steroid dienone is 3. The zero-order chi connectivity index (χ0) is 19.8. The molecule has 1 heterocycles. The predicted molar refractivity (Wildman–Crippen MR) is 102 cm³/mol. The highest BCUT2D eigenvalue weighted by Gasteiger charge is 2.29. The van der Waals surface area contributed by atoms with Gasteiger partial charge in [0.05, 0.1) is 32.5 Å². The molecule has 3 rings (SSSR count). The lowest BCUT2D eigenvalue weighted by Crippen LogP contribution is -2.33. The predicted octanol–water partition coefficient (Wildman–Crippen LogP) is 2.98. The van der Waals surface area contributed by atoms with Gasteiger partial charge < -0.3 is 24.6 Å².